The number of methoxy groups -OCH3 is 1. The summed E-state index contributed by atoms with van der Waals surface area (Å²) in [6, 6.07) is 26.4. The number of esters is 2. The minimum absolute atomic E-state index is 0.209. The second-order valence-corrected chi connectivity index (χ2v) is 11.8. The Kier molecular flexibility index (Phi) is 10.4. The van der Waals surface area contributed by atoms with Crippen LogP contribution < -0.4 is 10.6 Å². The third-order valence-electron chi connectivity index (χ3n) is 7.33. The zero-order valence-corrected chi connectivity index (χ0v) is 25.3. The summed E-state index contributed by atoms with van der Waals surface area (Å²) in [6.45, 7) is 7.19. The van der Waals surface area contributed by atoms with Crippen LogP contribution in [0.4, 0.5) is 16.2 Å². The summed E-state index contributed by atoms with van der Waals surface area (Å²) in [5, 5.41) is 6.13. The van der Waals surface area contributed by atoms with E-state index in [2.05, 4.69) is 15.5 Å². The standard InChI is InChI=1S/C34H41N3O6/c1-33(2,3)43-32(40)35-27-16-11-17-28(22-27)36-34(31(39)41-4)18-20-37(21-19-34)23-29(26-14-9-6-10-15-26)30(38)42-24-25-12-7-5-8-13-25/h5-17,22,29,36H,18-21,23-24H2,1-4H3,(H,35,40). The van der Waals surface area contributed by atoms with Gasteiger partial charge in [0.25, 0.3) is 0 Å². The van der Waals surface area contributed by atoms with Crippen LogP contribution in [0.2, 0.25) is 0 Å². The number of benzene rings is 3. The largest absolute Gasteiger partial charge is 0.467 e. The second-order valence-electron chi connectivity index (χ2n) is 11.8. The van der Waals surface area contributed by atoms with E-state index in [4.69, 9.17) is 14.2 Å². The molecule has 3 aromatic carbocycles. The maximum absolute atomic E-state index is 13.3. The first-order chi connectivity index (χ1) is 20.6. The monoisotopic (exact) mass is 587 g/mol. The van der Waals surface area contributed by atoms with Gasteiger partial charge in [0, 0.05) is 31.0 Å². The maximum atomic E-state index is 13.3. The fourth-order valence-electron chi connectivity index (χ4n) is 5.15. The number of hydrogen-bond acceptors (Lipinski definition) is 8. The number of amides is 1. The number of carbonyl (C=O) groups excluding carboxylic acids is 3. The SMILES string of the molecule is COC(=O)C1(Nc2cccc(NC(=O)OC(C)(C)C)c2)CCN(CC(C(=O)OCc2ccccc2)c2ccccc2)CC1. The molecule has 228 valence electrons. The lowest BCUT2D eigenvalue weighted by molar-refractivity contribution is -0.150. The number of carbonyl (C=O) groups is 3. The molecule has 3 aromatic rings. The number of nitrogens with one attached hydrogen (secondary N) is 2. The van der Waals surface area contributed by atoms with Crippen LogP contribution in [0.5, 0.6) is 0 Å². The third kappa shape index (κ3) is 9.06. The molecular formula is C34H41N3O6. The smallest absolute Gasteiger partial charge is 0.412 e. The van der Waals surface area contributed by atoms with Gasteiger partial charge in [-0.05, 0) is 62.9 Å². The van der Waals surface area contributed by atoms with E-state index >= 15 is 0 Å². The molecule has 43 heavy (non-hydrogen) atoms. The topological polar surface area (TPSA) is 106 Å². The van der Waals surface area contributed by atoms with Crippen LogP contribution in [0.25, 0.3) is 0 Å². The Morgan fingerprint density at radius 2 is 1.51 bits per heavy atom. The van der Waals surface area contributed by atoms with Crippen molar-refractivity contribution < 1.29 is 28.6 Å². The van der Waals surface area contributed by atoms with Crippen molar-refractivity contribution in [1.29, 1.82) is 0 Å². The molecule has 0 bridgehead atoms. The van der Waals surface area contributed by atoms with Gasteiger partial charge in [-0.3, -0.25) is 10.1 Å². The van der Waals surface area contributed by atoms with Crippen LogP contribution >= 0.6 is 0 Å². The molecule has 1 saturated heterocycles. The van der Waals surface area contributed by atoms with Gasteiger partial charge >= 0.3 is 18.0 Å². The van der Waals surface area contributed by atoms with E-state index in [0.29, 0.717) is 43.9 Å². The highest BCUT2D eigenvalue weighted by atomic mass is 16.6. The predicted molar refractivity (Wildman–Crippen MR) is 166 cm³/mol. The first-order valence-electron chi connectivity index (χ1n) is 14.5. The van der Waals surface area contributed by atoms with Crippen molar-refractivity contribution >= 4 is 29.4 Å². The van der Waals surface area contributed by atoms with Crippen molar-refractivity contribution in [2.75, 3.05) is 37.4 Å². The van der Waals surface area contributed by atoms with Crippen molar-refractivity contribution in [1.82, 2.24) is 4.90 Å². The Hall–Kier alpha value is -4.37. The summed E-state index contributed by atoms with van der Waals surface area (Å²) >= 11 is 0. The van der Waals surface area contributed by atoms with Crippen LogP contribution in [0.3, 0.4) is 0 Å². The molecule has 1 unspecified atom stereocenters. The minimum atomic E-state index is -0.966. The van der Waals surface area contributed by atoms with Crippen LogP contribution in [0.1, 0.15) is 50.7 Å². The Bertz CT molecular complexity index is 1370. The summed E-state index contributed by atoms with van der Waals surface area (Å²) in [5.41, 5.74) is 1.43. The molecule has 4 rings (SSSR count). The summed E-state index contributed by atoms with van der Waals surface area (Å²) in [4.78, 5) is 40.9. The lowest BCUT2D eigenvalue weighted by Crippen LogP contribution is -2.55. The number of hydrogen-bond donors (Lipinski definition) is 2. The quantitative estimate of drug-likeness (QED) is 0.220. The highest BCUT2D eigenvalue weighted by Crippen LogP contribution is 2.31. The normalized spacial score (nSPS) is 15.5. The second kappa shape index (κ2) is 14.2. The van der Waals surface area contributed by atoms with Crippen molar-refractivity contribution in [2.24, 2.45) is 0 Å². The van der Waals surface area contributed by atoms with E-state index in [1.165, 1.54) is 7.11 Å². The van der Waals surface area contributed by atoms with E-state index in [-0.39, 0.29) is 18.5 Å². The van der Waals surface area contributed by atoms with Gasteiger partial charge < -0.3 is 24.4 Å². The van der Waals surface area contributed by atoms with Gasteiger partial charge in [0.05, 0.1) is 13.0 Å². The molecule has 1 aliphatic rings. The molecule has 0 aromatic heterocycles. The summed E-state index contributed by atoms with van der Waals surface area (Å²) in [7, 11) is 1.38. The van der Waals surface area contributed by atoms with Gasteiger partial charge in [-0.15, -0.1) is 0 Å². The van der Waals surface area contributed by atoms with E-state index < -0.39 is 23.2 Å². The Balaban J connectivity index is 1.43. The minimum Gasteiger partial charge on any atom is -0.467 e. The van der Waals surface area contributed by atoms with Crippen LogP contribution in [0.15, 0.2) is 84.9 Å². The van der Waals surface area contributed by atoms with E-state index in [9.17, 15) is 14.4 Å². The molecule has 0 radical (unpaired) electrons. The average molecular weight is 588 g/mol. The van der Waals surface area contributed by atoms with E-state index in [1.807, 2.05) is 66.7 Å². The number of anilines is 2. The fraction of sp³-hybridized carbons (Fsp3) is 0.382. The van der Waals surface area contributed by atoms with Gasteiger partial charge in [-0.25, -0.2) is 9.59 Å². The molecule has 1 heterocycles. The number of likely N-dealkylation sites (tertiary alicyclic amines) is 1. The zero-order chi connectivity index (χ0) is 30.9. The molecule has 2 N–H and O–H groups in total. The van der Waals surface area contributed by atoms with Crippen molar-refractivity contribution in [2.45, 2.75) is 57.3 Å². The summed E-state index contributed by atoms with van der Waals surface area (Å²) in [6.07, 6.45) is 0.365. The Morgan fingerprint density at radius 1 is 0.884 bits per heavy atom. The van der Waals surface area contributed by atoms with Crippen LogP contribution in [-0.4, -0.2) is 60.8 Å². The summed E-state index contributed by atoms with van der Waals surface area (Å²) in [5.74, 6) is -1.12. The lowest BCUT2D eigenvalue weighted by Gasteiger charge is -2.41. The zero-order valence-electron chi connectivity index (χ0n) is 25.3. The molecule has 1 atom stereocenters. The maximum Gasteiger partial charge on any atom is 0.412 e. The molecule has 0 saturated carbocycles. The van der Waals surface area contributed by atoms with Crippen molar-refractivity contribution in [3.05, 3.63) is 96.1 Å². The molecular weight excluding hydrogens is 546 g/mol. The Labute approximate surface area is 253 Å². The highest BCUT2D eigenvalue weighted by molar-refractivity contribution is 5.87. The first kappa shape index (κ1) is 31.6. The first-order valence-corrected chi connectivity index (χ1v) is 14.5. The lowest BCUT2D eigenvalue weighted by atomic mass is 9.86. The molecule has 1 amide bonds. The van der Waals surface area contributed by atoms with Gasteiger partial charge in [-0.1, -0.05) is 66.7 Å². The van der Waals surface area contributed by atoms with Crippen LogP contribution in [-0.2, 0) is 30.4 Å². The summed E-state index contributed by atoms with van der Waals surface area (Å²) < 4.78 is 16.3. The predicted octanol–water partition coefficient (Wildman–Crippen LogP) is 5.98. The molecule has 0 spiro atoms. The van der Waals surface area contributed by atoms with E-state index in [1.54, 1.807) is 39.0 Å². The van der Waals surface area contributed by atoms with Crippen molar-refractivity contribution in [3.63, 3.8) is 0 Å². The molecule has 1 fully saturated rings. The van der Waals surface area contributed by atoms with Gasteiger partial charge in [0.1, 0.15) is 17.7 Å². The van der Waals surface area contributed by atoms with Gasteiger partial charge in [0.2, 0.25) is 0 Å². The van der Waals surface area contributed by atoms with Gasteiger partial charge in [0.15, 0.2) is 0 Å². The number of rotatable bonds is 10. The number of ether oxygens (including phenoxy) is 3. The van der Waals surface area contributed by atoms with Gasteiger partial charge in [-0.2, -0.15) is 0 Å². The number of piperidine rings is 1. The fourth-order valence-corrected chi connectivity index (χ4v) is 5.15. The van der Waals surface area contributed by atoms with Crippen molar-refractivity contribution in [3.8, 4) is 0 Å². The highest BCUT2D eigenvalue weighted by Gasteiger charge is 2.43. The third-order valence-corrected chi connectivity index (χ3v) is 7.33. The van der Waals surface area contributed by atoms with E-state index in [0.717, 1.165) is 11.1 Å². The number of nitrogens with zero attached hydrogens (tertiary/aromatic N) is 1. The van der Waals surface area contributed by atoms with Crippen LogP contribution in [0, 0.1) is 0 Å². The Morgan fingerprint density at radius 3 is 2.14 bits per heavy atom. The molecule has 9 nitrogen and oxygen atoms in total. The average Bonchev–Trinajstić information content (AvgIpc) is 2.99. The molecule has 1 aliphatic heterocycles. The molecule has 9 heteroatoms. The molecule has 0 aliphatic carbocycles.